The molecule has 0 atom stereocenters. The summed E-state index contributed by atoms with van der Waals surface area (Å²) in [6.07, 6.45) is -4.72. The molecule has 0 saturated carbocycles. The van der Waals surface area contributed by atoms with Crippen molar-refractivity contribution < 1.29 is 27.6 Å². The average Bonchev–Trinajstić information content (AvgIpc) is 2.54. The summed E-state index contributed by atoms with van der Waals surface area (Å²) in [6, 6.07) is 7.77. The second-order valence-corrected chi connectivity index (χ2v) is 4.64. The van der Waals surface area contributed by atoms with Gasteiger partial charge in [-0.25, -0.2) is 0 Å². The Morgan fingerprint density at radius 1 is 1.21 bits per heavy atom. The van der Waals surface area contributed by atoms with E-state index in [0.717, 1.165) is 24.3 Å². The number of nitrogens with zero attached hydrogens (tertiary/aromatic N) is 1. The predicted octanol–water partition coefficient (Wildman–Crippen LogP) is 3.87. The highest BCUT2D eigenvalue weighted by Gasteiger charge is 2.35. The van der Waals surface area contributed by atoms with E-state index >= 15 is 0 Å². The van der Waals surface area contributed by atoms with Crippen LogP contribution in [0.15, 0.2) is 42.5 Å². The Balaban J connectivity index is 2.40. The van der Waals surface area contributed by atoms with Gasteiger partial charge >= 0.3 is 6.18 Å². The molecular formula is C15H11F3N2O4. The van der Waals surface area contributed by atoms with Gasteiger partial charge < -0.3 is 10.1 Å². The van der Waals surface area contributed by atoms with Crippen molar-refractivity contribution in [3.63, 3.8) is 0 Å². The Labute approximate surface area is 134 Å². The van der Waals surface area contributed by atoms with E-state index in [-0.39, 0.29) is 11.4 Å². The van der Waals surface area contributed by atoms with Crippen LogP contribution in [-0.4, -0.2) is 17.9 Å². The number of rotatable bonds is 4. The lowest BCUT2D eigenvalue weighted by Crippen LogP contribution is -2.19. The number of carbonyl (C=O) groups is 1. The molecule has 0 aliphatic heterocycles. The van der Waals surface area contributed by atoms with E-state index in [1.54, 1.807) is 0 Å². The minimum absolute atomic E-state index is 0.176. The highest BCUT2D eigenvalue weighted by Crippen LogP contribution is 2.33. The van der Waals surface area contributed by atoms with Gasteiger partial charge in [0.25, 0.3) is 11.6 Å². The van der Waals surface area contributed by atoms with Gasteiger partial charge in [-0.2, -0.15) is 13.2 Å². The number of alkyl halides is 3. The van der Waals surface area contributed by atoms with E-state index in [1.807, 2.05) is 0 Å². The van der Waals surface area contributed by atoms with Crippen molar-refractivity contribution in [1.82, 2.24) is 0 Å². The molecule has 0 spiro atoms. The Morgan fingerprint density at radius 3 is 2.46 bits per heavy atom. The molecule has 9 heteroatoms. The van der Waals surface area contributed by atoms with Crippen LogP contribution >= 0.6 is 0 Å². The van der Waals surface area contributed by atoms with Gasteiger partial charge in [0, 0.05) is 0 Å². The second-order valence-electron chi connectivity index (χ2n) is 4.64. The molecule has 0 radical (unpaired) electrons. The maximum absolute atomic E-state index is 12.9. The van der Waals surface area contributed by atoms with Crippen molar-refractivity contribution >= 4 is 17.3 Å². The van der Waals surface area contributed by atoms with Crippen LogP contribution in [0, 0.1) is 10.1 Å². The van der Waals surface area contributed by atoms with Gasteiger partial charge in [0.1, 0.15) is 11.4 Å². The van der Waals surface area contributed by atoms with Crippen molar-refractivity contribution in [2.75, 3.05) is 12.4 Å². The molecule has 0 bridgehead atoms. The highest BCUT2D eigenvalue weighted by molar-refractivity contribution is 6.06. The molecule has 0 aliphatic rings. The number of nitrogens with one attached hydrogen (secondary N) is 1. The molecule has 0 aromatic heterocycles. The maximum Gasteiger partial charge on any atom is 0.417 e. The van der Waals surface area contributed by atoms with Crippen LogP contribution < -0.4 is 10.1 Å². The summed E-state index contributed by atoms with van der Waals surface area (Å²) >= 11 is 0. The number of ether oxygens (including phenoxy) is 1. The lowest BCUT2D eigenvalue weighted by Gasteiger charge is -2.13. The monoisotopic (exact) mass is 340 g/mol. The molecule has 1 amide bonds. The van der Waals surface area contributed by atoms with Crippen molar-refractivity contribution in [2.24, 2.45) is 0 Å². The van der Waals surface area contributed by atoms with Crippen LogP contribution in [0.5, 0.6) is 5.75 Å². The third-order valence-electron chi connectivity index (χ3n) is 3.13. The maximum atomic E-state index is 12.9. The van der Waals surface area contributed by atoms with Crippen molar-refractivity contribution in [3.8, 4) is 5.75 Å². The van der Waals surface area contributed by atoms with Gasteiger partial charge in [-0.15, -0.1) is 0 Å². The minimum Gasteiger partial charge on any atom is -0.496 e. The van der Waals surface area contributed by atoms with Gasteiger partial charge in [0.15, 0.2) is 0 Å². The molecule has 1 N–H and O–H groups in total. The number of nitro benzene ring substituents is 1. The fraction of sp³-hybridized carbons (Fsp3) is 0.133. The normalized spacial score (nSPS) is 11.0. The molecule has 0 saturated heterocycles. The molecule has 0 unspecified atom stereocenters. The quantitative estimate of drug-likeness (QED) is 0.676. The summed E-state index contributed by atoms with van der Waals surface area (Å²) in [5.74, 6) is -0.924. The Bertz CT molecular complexity index is 791. The summed E-state index contributed by atoms with van der Waals surface area (Å²) in [6.45, 7) is 0. The first-order chi connectivity index (χ1) is 11.2. The summed E-state index contributed by atoms with van der Waals surface area (Å²) in [5, 5.41) is 13.2. The molecule has 126 valence electrons. The number of carbonyl (C=O) groups excluding carboxylic acids is 1. The molecule has 2 aromatic rings. The number of hydrogen-bond donors (Lipinski definition) is 1. The highest BCUT2D eigenvalue weighted by atomic mass is 19.4. The van der Waals surface area contributed by atoms with Gasteiger partial charge in [-0.05, 0) is 24.3 Å². The van der Waals surface area contributed by atoms with Crippen molar-refractivity contribution in [1.29, 1.82) is 0 Å². The van der Waals surface area contributed by atoms with Crippen molar-refractivity contribution in [2.45, 2.75) is 6.18 Å². The topological polar surface area (TPSA) is 81.5 Å². The number of methoxy groups -OCH3 is 1. The first kappa shape index (κ1) is 17.3. The van der Waals surface area contributed by atoms with Gasteiger partial charge in [-0.3, -0.25) is 14.9 Å². The van der Waals surface area contributed by atoms with Crippen LogP contribution in [0.4, 0.5) is 24.5 Å². The third-order valence-corrected chi connectivity index (χ3v) is 3.13. The average molecular weight is 340 g/mol. The van der Waals surface area contributed by atoms with E-state index in [2.05, 4.69) is 5.32 Å². The van der Waals surface area contributed by atoms with Gasteiger partial charge in [0.05, 0.1) is 29.2 Å². The van der Waals surface area contributed by atoms with E-state index in [0.29, 0.717) is 0 Å². The fourth-order valence-corrected chi connectivity index (χ4v) is 2.01. The summed E-state index contributed by atoms with van der Waals surface area (Å²) in [5.41, 5.74) is -2.48. The van der Waals surface area contributed by atoms with Crippen LogP contribution in [-0.2, 0) is 6.18 Å². The molecule has 0 aliphatic carbocycles. The lowest BCUT2D eigenvalue weighted by molar-refractivity contribution is -0.384. The number of nitro groups is 1. The largest absolute Gasteiger partial charge is 0.496 e. The van der Waals surface area contributed by atoms with Gasteiger partial charge in [-0.1, -0.05) is 12.1 Å². The molecule has 0 fully saturated rings. The lowest BCUT2D eigenvalue weighted by atomic mass is 10.1. The summed E-state index contributed by atoms with van der Waals surface area (Å²) < 4.78 is 43.7. The van der Waals surface area contributed by atoms with Crippen LogP contribution in [0.2, 0.25) is 0 Å². The predicted molar refractivity (Wildman–Crippen MR) is 79.0 cm³/mol. The van der Waals surface area contributed by atoms with E-state index in [4.69, 9.17) is 4.74 Å². The third kappa shape index (κ3) is 3.62. The molecule has 0 heterocycles. The van der Waals surface area contributed by atoms with Gasteiger partial charge in [0.2, 0.25) is 0 Å². The number of anilines is 1. The molecule has 6 nitrogen and oxygen atoms in total. The van der Waals surface area contributed by atoms with Crippen LogP contribution in [0.25, 0.3) is 0 Å². The number of amides is 1. The van der Waals surface area contributed by atoms with E-state index in [9.17, 15) is 28.1 Å². The SMILES string of the molecule is COc1ccc(NC(=O)c2ccccc2C(F)(F)F)c([N+](=O)[O-])c1. The summed E-state index contributed by atoms with van der Waals surface area (Å²) in [4.78, 5) is 22.4. The smallest absolute Gasteiger partial charge is 0.417 e. The second kappa shape index (κ2) is 6.57. The van der Waals surface area contributed by atoms with E-state index < -0.39 is 33.8 Å². The minimum atomic E-state index is -4.72. The van der Waals surface area contributed by atoms with E-state index in [1.165, 1.54) is 25.3 Å². The first-order valence-electron chi connectivity index (χ1n) is 6.54. The van der Waals surface area contributed by atoms with Crippen molar-refractivity contribution in [3.05, 3.63) is 63.7 Å². The number of halogens is 3. The zero-order chi connectivity index (χ0) is 17.9. The zero-order valence-corrected chi connectivity index (χ0v) is 12.3. The Kier molecular flexibility index (Phi) is 4.72. The summed E-state index contributed by atoms with van der Waals surface area (Å²) in [7, 11) is 1.30. The molecular weight excluding hydrogens is 329 g/mol. The van der Waals surface area contributed by atoms with Crippen LogP contribution in [0.3, 0.4) is 0 Å². The number of hydrogen-bond acceptors (Lipinski definition) is 4. The molecule has 2 aromatic carbocycles. The Hall–Kier alpha value is -3.10. The first-order valence-corrected chi connectivity index (χ1v) is 6.54. The number of benzene rings is 2. The standard InChI is InChI=1S/C15H11F3N2O4/c1-24-9-6-7-12(13(8-9)20(22)23)19-14(21)10-4-2-3-5-11(10)15(16,17)18/h2-8H,1H3,(H,19,21). The van der Waals surface area contributed by atoms with Crippen LogP contribution in [0.1, 0.15) is 15.9 Å². The fourth-order valence-electron chi connectivity index (χ4n) is 2.01. The Morgan fingerprint density at radius 2 is 1.88 bits per heavy atom. The molecule has 24 heavy (non-hydrogen) atoms. The molecule has 2 rings (SSSR count). The zero-order valence-electron chi connectivity index (χ0n) is 12.3.